The molecule has 1 aliphatic rings. The molecule has 24 heavy (non-hydrogen) atoms. The molecule has 2 heterocycles. The van der Waals surface area contributed by atoms with Crippen molar-refractivity contribution < 1.29 is 14.3 Å². The van der Waals surface area contributed by atoms with Crippen LogP contribution in [0, 0.1) is 0 Å². The summed E-state index contributed by atoms with van der Waals surface area (Å²) in [5.74, 6) is 0.314. The molecule has 0 saturated heterocycles. The summed E-state index contributed by atoms with van der Waals surface area (Å²) >= 11 is 0. The number of carbonyl (C=O) groups is 1. The van der Waals surface area contributed by atoms with E-state index in [2.05, 4.69) is 10.3 Å². The van der Waals surface area contributed by atoms with Gasteiger partial charge in [0.05, 0.1) is 18.3 Å². The van der Waals surface area contributed by atoms with Crippen molar-refractivity contribution in [2.75, 3.05) is 0 Å². The molecule has 6 nitrogen and oxygen atoms in total. The van der Waals surface area contributed by atoms with Gasteiger partial charge in [0.1, 0.15) is 24.7 Å². The smallest absolute Gasteiger partial charge is 0.339 e. The normalized spacial score (nSPS) is 12.8. The summed E-state index contributed by atoms with van der Waals surface area (Å²) in [4.78, 5) is 11.6. The highest BCUT2D eigenvalue weighted by molar-refractivity contribution is 5.93. The van der Waals surface area contributed by atoms with E-state index in [-0.39, 0.29) is 5.97 Å². The fourth-order valence-electron chi connectivity index (χ4n) is 2.59. The maximum absolute atomic E-state index is 11.6. The topological polar surface area (TPSA) is 66.2 Å². The number of benzene rings is 2. The fourth-order valence-corrected chi connectivity index (χ4v) is 2.59. The first-order chi connectivity index (χ1) is 11.8. The lowest BCUT2D eigenvalue weighted by Gasteiger charge is -2.04. The van der Waals surface area contributed by atoms with Gasteiger partial charge in [0, 0.05) is 5.56 Å². The van der Waals surface area contributed by atoms with Crippen molar-refractivity contribution in [2.45, 2.75) is 19.8 Å². The maximum atomic E-state index is 11.6. The number of fused-ring (bicyclic) bond motifs is 1. The highest BCUT2D eigenvalue weighted by atomic mass is 16.5. The van der Waals surface area contributed by atoms with Gasteiger partial charge in [-0.15, -0.1) is 5.10 Å². The van der Waals surface area contributed by atoms with Crippen LogP contribution < -0.4 is 4.74 Å². The van der Waals surface area contributed by atoms with Gasteiger partial charge in [-0.05, 0) is 17.7 Å². The molecule has 0 aliphatic carbocycles. The number of nitrogens with zero attached hydrogens (tertiary/aromatic N) is 3. The van der Waals surface area contributed by atoms with E-state index < -0.39 is 0 Å². The van der Waals surface area contributed by atoms with Gasteiger partial charge in [-0.3, -0.25) is 0 Å². The van der Waals surface area contributed by atoms with Gasteiger partial charge in [0.15, 0.2) is 0 Å². The Balaban J connectivity index is 1.40. The van der Waals surface area contributed by atoms with Gasteiger partial charge >= 0.3 is 5.97 Å². The van der Waals surface area contributed by atoms with Crippen molar-refractivity contribution in [3.63, 3.8) is 0 Å². The van der Waals surface area contributed by atoms with Gasteiger partial charge in [-0.2, -0.15) is 0 Å². The summed E-state index contributed by atoms with van der Waals surface area (Å²) in [6, 6.07) is 15.4. The van der Waals surface area contributed by atoms with Crippen molar-refractivity contribution in [1.82, 2.24) is 15.0 Å². The van der Waals surface area contributed by atoms with E-state index in [4.69, 9.17) is 9.47 Å². The van der Waals surface area contributed by atoms with Crippen LogP contribution in [0.15, 0.2) is 54.7 Å². The molecule has 0 bridgehead atoms. The van der Waals surface area contributed by atoms with E-state index in [0.29, 0.717) is 31.1 Å². The monoisotopic (exact) mass is 321 g/mol. The van der Waals surface area contributed by atoms with Gasteiger partial charge < -0.3 is 9.47 Å². The lowest BCUT2D eigenvalue weighted by atomic mass is 10.1. The average molecular weight is 321 g/mol. The van der Waals surface area contributed by atoms with Crippen molar-refractivity contribution >= 4 is 5.97 Å². The summed E-state index contributed by atoms with van der Waals surface area (Å²) in [5.41, 5.74) is 3.35. The summed E-state index contributed by atoms with van der Waals surface area (Å²) in [5, 5.41) is 8.22. The molecule has 0 fully saturated rings. The lowest BCUT2D eigenvalue weighted by molar-refractivity contribution is 0.0535. The third kappa shape index (κ3) is 2.99. The van der Waals surface area contributed by atoms with E-state index in [1.54, 1.807) is 10.7 Å². The number of hydrogen-bond acceptors (Lipinski definition) is 5. The highest BCUT2D eigenvalue weighted by Crippen LogP contribution is 2.24. The van der Waals surface area contributed by atoms with E-state index >= 15 is 0 Å². The molecule has 6 heteroatoms. The number of aromatic nitrogens is 3. The Morgan fingerprint density at radius 3 is 2.92 bits per heavy atom. The molecule has 0 N–H and O–H groups in total. The molecule has 3 aromatic rings. The van der Waals surface area contributed by atoms with Crippen LogP contribution in [0.1, 0.15) is 27.2 Å². The highest BCUT2D eigenvalue weighted by Gasteiger charge is 2.21. The predicted molar refractivity (Wildman–Crippen MR) is 85.5 cm³/mol. The zero-order valence-electron chi connectivity index (χ0n) is 12.9. The Hall–Kier alpha value is -3.15. The molecule has 2 aromatic carbocycles. The molecule has 0 radical (unpaired) electrons. The van der Waals surface area contributed by atoms with E-state index in [1.165, 1.54) is 0 Å². The first-order valence-corrected chi connectivity index (χ1v) is 7.64. The Morgan fingerprint density at radius 1 is 1.17 bits per heavy atom. The third-order valence-electron chi connectivity index (χ3n) is 3.82. The standard InChI is InChI=1S/C18H15N3O3/c22-18-17-8-16(7-6-14(17)11-24-18)23-12-15-10-21(20-19-15)9-13-4-2-1-3-5-13/h1-8,10H,9,11-12H2. The second-order valence-electron chi connectivity index (χ2n) is 5.58. The van der Waals surface area contributed by atoms with E-state index in [9.17, 15) is 4.79 Å². The SMILES string of the molecule is O=C1OCc2ccc(OCc3cn(Cc4ccccc4)nn3)cc21. The molecule has 1 aromatic heterocycles. The van der Waals surface area contributed by atoms with Crippen LogP contribution in [0.4, 0.5) is 0 Å². The predicted octanol–water partition coefficient (Wildman–Crippen LogP) is 2.58. The molecule has 0 amide bonds. The molecule has 1 aliphatic heterocycles. The number of cyclic esters (lactones) is 1. The van der Waals surface area contributed by atoms with Gasteiger partial charge in [0.2, 0.25) is 0 Å². The molecular formula is C18H15N3O3. The Morgan fingerprint density at radius 2 is 2.04 bits per heavy atom. The van der Waals surface area contributed by atoms with Crippen LogP contribution >= 0.6 is 0 Å². The van der Waals surface area contributed by atoms with Crippen molar-refractivity contribution in [3.8, 4) is 5.75 Å². The largest absolute Gasteiger partial charge is 0.487 e. The Labute approximate surface area is 138 Å². The minimum atomic E-state index is -0.302. The summed E-state index contributed by atoms with van der Waals surface area (Å²) in [6.07, 6.45) is 1.86. The van der Waals surface area contributed by atoms with Crippen LogP contribution in [0.2, 0.25) is 0 Å². The molecular weight excluding hydrogens is 306 g/mol. The number of esters is 1. The molecule has 0 spiro atoms. The van der Waals surface area contributed by atoms with Crippen molar-refractivity contribution in [3.05, 3.63) is 77.1 Å². The van der Waals surface area contributed by atoms with Gasteiger partial charge in [0.25, 0.3) is 0 Å². The second kappa shape index (κ2) is 6.16. The number of ether oxygens (including phenoxy) is 2. The average Bonchev–Trinajstić information content (AvgIpc) is 3.21. The van der Waals surface area contributed by atoms with E-state index in [0.717, 1.165) is 16.8 Å². The zero-order chi connectivity index (χ0) is 16.4. The van der Waals surface area contributed by atoms with Crippen LogP contribution in [-0.2, 0) is 24.5 Å². The van der Waals surface area contributed by atoms with Crippen LogP contribution in [0.3, 0.4) is 0 Å². The number of rotatable bonds is 5. The maximum Gasteiger partial charge on any atom is 0.339 e. The Bertz CT molecular complexity index is 874. The number of carbonyl (C=O) groups excluding carboxylic acids is 1. The van der Waals surface area contributed by atoms with E-state index in [1.807, 2.05) is 48.7 Å². The molecule has 120 valence electrons. The van der Waals surface area contributed by atoms with Crippen LogP contribution in [0.25, 0.3) is 0 Å². The van der Waals surface area contributed by atoms with Crippen LogP contribution in [0.5, 0.6) is 5.75 Å². The molecule has 0 saturated carbocycles. The van der Waals surface area contributed by atoms with Gasteiger partial charge in [-0.1, -0.05) is 41.6 Å². The second-order valence-corrected chi connectivity index (χ2v) is 5.58. The lowest BCUT2D eigenvalue weighted by Crippen LogP contribution is -2.00. The van der Waals surface area contributed by atoms with Crippen molar-refractivity contribution in [1.29, 1.82) is 0 Å². The number of hydrogen-bond donors (Lipinski definition) is 0. The van der Waals surface area contributed by atoms with Crippen LogP contribution in [-0.4, -0.2) is 21.0 Å². The minimum Gasteiger partial charge on any atom is -0.487 e. The fraction of sp³-hybridized carbons (Fsp3) is 0.167. The molecule has 0 unspecified atom stereocenters. The Kier molecular flexibility index (Phi) is 3.70. The first kappa shape index (κ1) is 14.4. The van der Waals surface area contributed by atoms with Gasteiger partial charge in [-0.25, -0.2) is 9.48 Å². The first-order valence-electron chi connectivity index (χ1n) is 7.64. The van der Waals surface area contributed by atoms with Crippen molar-refractivity contribution in [2.24, 2.45) is 0 Å². The summed E-state index contributed by atoms with van der Waals surface area (Å²) in [7, 11) is 0. The zero-order valence-corrected chi connectivity index (χ0v) is 12.9. The third-order valence-corrected chi connectivity index (χ3v) is 3.82. The summed E-state index contributed by atoms with van der Waals surface area (Å²) < 4.78 is 12.5. The summed E-state index contributed by atoms with van der Waals surface area (Å²) in [6.45, 7) is 1.30. The minimum absolute atomic E-state index is 0.294. The molecule has 0 atom stereocenters. The molecule has 4 rings (SSSR count). The quantitative estimate of drug-likeness (QED) is 0.676.